The van der Waals surface area contributed by atoms with Gasteiger partial charge in [0.25, 0.3) is 0 Å². The molecule has 0 fully saturated rings. The van der Waals surface area contributed by atoms with Crippen LogP contribution in [0.15, 0.2) is 189 Å². The highest BCUT2D eigenvalue weighted by molar-refractivity contribution is 6.95. The highest BCUT2D eigenvalue weighted by atomic mass is 28.2. The number of rotatable bonds is 18. The average molecular weight is 755 g/mol. The molecule has 0 saturated heterocycles. The molecule has 6 aromatic carbocycles. The van der Waals surface area contributed by atoms with Gasteiger partial charge in [0.15, 0.2) is 0 Å². The zero-order valence-corrected chi connectivity index (χ0v) is 34.5. The van der Waals surface area contributed by atoms with E-state index in [0.29, 0.717) is 6.71 Å². The van der Waals surface area contributed by atoms with Crippen molar-refractivity contribution < 1.29 is 9.47 Å². The van der Waals surface area contributed by atoms with E-state index >= 15 is 0 Å². The molecular weight excluding hydrogens is 699 g/mol. The lowest BCUT2D eigenvalue weighted by molar-refractivity contribution is 0.305. The molecule has 0 aliphatic heterocycles. The van der Waals surface area contributed by atoms with Gasteiger partial charge in [0, 0.05) is 12.4 Å². The molecule has 284 valence electrons. The largest absolute Gasteiger partial charge is 0.494 e. The first kappa shape index (κ1) is 40.1. The third kappa shape index (κ3) is 10.8. The Morgan fingerprint density at radius 1 is 0.536 bits per heavy atom. The van der Waals surface area contributed by atoms with Crippen LogP contribution in [-0.2, 0) is 5.16 Å². The van der Waals surface area contributed by atoms with Crippen LogP contribution < -0.4 is 31.0 Å². The quantitative estimate of drug-likeness (QED) is 0.0652. The number of hydrogen-bond donors (Lipinski definition) is 0. The summed E-state index contributed by atoms with van der Waals surface area (Å²) in [5.74, 6) is 1.85. The highest BCUT2D eigenvalue weighted by Crippen LogP contribution is 2.36. The predicted octanol–water partition coefficient (Wildman–Crippen LogP) is 8.47. The van der Waals surface area contributed by atoms with Gasteiger partial charge < -0.3 is 14.0 Å². The highest BCUT2D eigenvalue weighted by Gasteiger charge is 2.37. The van der Waals surface area contributed by atoms with Crippen molar-refractivity contribution >= 4 is 37.8 Å². The molecule has 4 nitrogen and oxygen atoms in total. The number of benzene rings is 6. The van der Waals surface area contributed by atoms with Crippen molar-refractivity contribution in [1.82, 2.24) is 9.55 Å². The van der Waals surface area contributed by atoms with Crippen LogP contribution in [0.3, 0.4) is 0 Å². The van der Waals surface area contributed by atoms with Crippen LogP contribution in [0.25, 0.3) is 0 Å². The second-order valence-corrected chi connectivity index (χ2v) is 16.5. The Bertz CT molecular complexity index is 1960. The van der Waals surface area contributed by atoms with Gasteiger partial charge in [0.05, 0.1) is 34.2 Å². The Morgan fingerprint density at radius 3 is 1.39 bits per heavy atom. The minimum absolute atomic E-state index is 0.309. The summed E-state index contributed by atoms with van der Waals surface area (Å²) >= 11 is 0. The topological polar surface area (TPSA) is 36.3 Å². The molecule has 1 aromatic heterocycles. The molecule has 7 aromatic rings. The molecule has 0 unspecified atom stereocenters. The maximum atomic E-state index is 6.21. The first-order chi connectivity index (χ1) is 27.7. The molecule has 6 heteroatoms. The number of aromatic nitrogens is 2. The second-order valence-electron chi connectivity index (χ2n) is 14.3. The summed E-state index contributed by atoms with van der Waals surface area (Å²) < 4.78 is 14.7. The van der Waals surface area contributed by atoms with Crippen molar-refractivity contribution in [1.29, 1.82) is 0 Å². The molecule has 0 spiro atoms. The number of unbranched alkanes of at least 4 members (excludes halogenated alkanes) is 4. The Hall–Kier alpha value is -5.59. The lowest BCUT2D eigenvalue weighted by atomic mass is 9.37. The van der Waals surface area contributed by atoms with E-state index in [4.69, 9.17) is 9.47 Å². The lowest BCUT2D eigenvalue weighted by Crippen LogP contribution is -2.51. The maximum absolute atomic E-state index is 6.21. The molecule has 56 heavy (non-hydrogen) atoms. The monoisotopic (exact) mass is 754 g/mol. The number of ether oxygens (including phenoxy) is 2. The lowest BCUT2D eigenvalue weighted by Gasteiger charge is -2.37. The molecule has 0 aliphatic carbocycles. The third-order valence-electron chi connectivity index (χ3n) is 10.3. The van der Waals surface area contributed by atoms with E-state index in [2.05, 4.69) is 199 Å². The third-order valence-corrected chi connectivity index (χ3v) is 12.9. The van der Waals surface area contributed by atoms with Crippen LogP contribution in [0.2, 0.25) is 0 Å². The van der Waals surface area contributed by atoms with Crippen molar-refractivity contribution in [3.8, 4) is 11.5 Å². The smallest absolute Gasteiger partial charge is 0.241 e. The molecule has 1 heterocycles. The molecule has 0 saturated carbocycles. The summed E-state index contributed by atoms with van der Waals surface area (Å²) in [6.07, 6.45) is 12.8. The van der Waals surface area contributed by atoms with Gasteiger partial charge in [0.2, 0.25) is 6.71 Å². The maximum Gasteiger partial charge on any atom is 0.241 e. The van der Waals surface area contributed by atoms with Crippen LogP contribution >= 0.6 is 0 Å². The Morgan fingerprint density at radius 2 is 0.982 bits per heavy atom. The van der Waals surface area contributed by atoms with Crippen molar-refractivity contribution in [3.63, 3.8) is 0 Å². The molecule has 7 rings (SSSR count). The van der Waals surface area contributed by atoms with Gasteiger partial charge in [-0.25, -0.2) is 4.98 Å². The molecule has 0 aliphatic rings. The Kier molecular flexibility index (Phi) is 15.4. The van der Waals surface area contributed by atoms with Gasteiger partial charge in [-0.15, -0.1) is 0 Å². The van der Waals surface area contributed by atoms with Gasteiger partial charge in [-0.2, -0.15) is 0 Å². The van der Waals surface area contributed by atoms with E-state index in [1.54, 1.807) is 0 Å². The Balaban J connectivity index is 0.000000233. The molecule has 0 N–H and O–H groups in total. The summed E-state index contributed by atoms with van der Waals surface area (Å²) in [5.41, 5.74) is 6.44. The normalized spacial score (nSPS) is 11.2. The van der Waals surface area contributed by atoms with Crippen LogP contribution in [0, 0.1) is 0 Å². The van der Waals surface area contributed by atoms with Gasteiger partial charge in [0.1, 0.15) is 11.5 Å². The van der Waals surface area contributed by atoms with E-state index in [-0.39, 0.29) is 5.16 Å². The number of hydrogen-bond acceptors (Lipinski definition) is 3. The number of nitrogens with zero attached hydrogens (tertiary/aromatic N) is 2. The van der Waals surface area contributed by atoms with Crippen molar-refractivity contribution in [2.24, 2.45) is 0 Å². The first-order valence-electron chi connectivity index (χ1n) is 20.3. The van der Waals surface area contributed by atoms with Gasteiger partial charge in [-0.05, 0) is 48.2 Å². The zero-order valence-electron chi connectivity index (χ0n) is 33.1. The van der Waals surface area contributed by atoms with Crippen LogP contribution in [0.4, 0.5) is 0 Å². The summed E-state index contributed by atoms with van der Waals surface area (Å²) in [5, 5.41) is 1.00. The minimum atomic E-state index is -0.944. The molecule has 0 atom stereocenters. The van der Waals surface area contributed by atoms with Crippen LogP contribution in [0.1, 0.15) is 63.5 Å². The summed E-state index contributed by atoms with van der Waals surface area (Å²) in [6, 6.07) is 60.3. The van der Waals surface area contributed by atoms with E-state index in [9.17, 15) is 0 Å². The van der Waals surface area contributed by atoms with Crippen molar-refractivity contribution in [3.05, 3.63) is 200 Å². The predicted molar refractivity (Wildman–Crippen MR) is 240 cm³/mol. The summed E-state index contributed by atoms with van der Waals surface area (Å²) in [4.78, 5) is 4.49. The SMILES string of the molecule is CCCCCOc1cccc(C([SiH2]c2ccccc2)(c2cccc(OCCCCC)c2)n2ccnc2)c1.c1ccc(B(c2ccccc2)c2ccccc2)cc1. The minimum Gasteiger partial charge on any atom is -0.494 e. The van der Waals surface area contributed by atoms with E-state index in [1.807, 2.05) is 12.5 Å². The average Bonchev–Trinajstić information content (AvgIpc) is 3.81. The second kappa shape index (κ2) is 21.5. The molecule has 0 bridgehead atoms. The molecule has 0 amide bonds. The summed E-state index contributed by atoms with van der Waals surface area (Å²) in [7, 11) is -0.944. The Labute approximate surface area is 337 Å². The van der Waals surface area contributed by atoms with Crippen LogP contribution in [0.5, 0.6) is 11.5 Å². The number of imidazole rings is 1. The van der Waals surface area contributed by atoms with E-state index < -0.39 is 9.52 Å². The molecule has 0 radical (unpaired) electrons. The zero-order chi connectivity index (χ0) is 38.7. The summed E-state index contributed by atoms with van der Waals surface area (Å²) in [6.45, 7) is 6.23. The fourth-order valence-electron chi connectivity index (χ4n) is 7.42. The first-order valence-corrected chi connectivity index (χ1v) is 21.8. The molecular formula is C50H55BN2O2Si. The van der Waals surface area contributed by atoms with Crippen LogP contribution in [-0.4, -0.2) is 39.0 Å². The van der Waals surface area contributed by atoms with Gasteiger partial charge in [-0.1, -0.05) is 207 Å². The van der Waals surface area contributed by atoms with Crippen molar-refractivity contribution in [2.75, 3.05) is 13.2 Å². The van der Waals surface area contributed by atoms with E-state index in [1.165, 1.54) is 58.4 Å². The van der Waals surface area contributed by atoms with Gasteiger partial charge in [-0.3, -0.25) is 0 Å². The van der Waals surface area contributed by atoms with Crippen molar-refractivity contribution in [2.45, 2.75) is 57.5 Å². The fourth-order valence-corrected chi connectivity index (χ4v) is 9.74. The fraction of sp³-hybridized carbons (Fsp3) is 0.220. The van der Waals surface area contributed by atoms with Gasteiger partial charge >= 0.3 is 0 Å². The van der Waals surface area contributed by atoms with E-state index in [0.717, 1.165) is 37.6 Å². The standard InChI is InChI=1S/C32H40N2O2Si.C18H15B/c1-3-5-10-22-35-29-16-12-14-27(24-29)32(34-21-20-33-26-34,37-31-18-8-7-9-19-31)28-15-13-17-30(25-28)36-23-11-6-4-2;1-4-10-16(11-5-1)19(17-12-6-2-7-13-17)18-14-8-3-9-15-18/h7-9,12-21,24-26H,3-6,10-11,22-23,37H2,1-2H3;1-15H.